The molecule has 0 aliphatic heterocycles. The van der Waals surface area contributed by atoms with E-state index < -0.39 is 0 Å². The first-order valence-electron chi connectivity index (χ1n) is 8.12. The van der Waals surface area contributed by atoms with Crippen LogP contribution >= 0.6 is 11.3 Å². The molecule has 0 saturated carbocycles. The topological polar surface area (TPSA) is 20.3 Å². The van der Waals surface area contributed by atoms with Crippen LogP contribution in [0.25, 0.3) is 0 Å². The molecule has 0 saturated heterocycles. The minimum absolute atomic E-state index is 0.221. The van der Waals surface area contributed by atoms with Crippen molar-refractivity contribution < 1.29 is 4.79 Å². The van der Waals surface area contributed by atoms with Crippen molar-refractivity contribution >= 4 is 17.2 Å². The number of thiophene rings is 1. The predicted octanol–water partition coefficient (Wildman–Crippen LogP) is 4.47. The van der Waals surface area contributed by atoms with Crippen LogP contribution in [-0.4, -0.2) is 23.4 Å². The number of aryl methyl sites for hydroxylation is 2. The lowest BCUT2D eigenvalue weighted by Crippen LogP contribution is -2.43. The van der Waals surface area contributed by atoms with Crippen molar-refractivity contribution in [2.75, 3.05) is 6.54 Å². The fraction of sp³-hybridized carbons (Fsp3) is 0.421. The van der Waals surface area contributed by atoms with Crippen LogP contribution in [0.5, 0.6) is 0 Å². The zero-order valence-electron chi connectivity index (χ0n) is 13.3. The van der Waals surface area contributed by atoms with Crippen molar-refractivity contribution in [1.82, 2.24) is 4.90 Å². The van der Waals surface area contributed by atoms with Gasteiger partial charge in [0.1, 0.15) is 0 Å². The van der Waals surface area contributed by atoms with Crippen molar-refractivity contribution in [3.05, 3.63) is 57.3 Å². The Kier molecular flexibility index (Phi) is 4.63. The molecular weight excluding hydrogens is 290 g/mol. The van der Waals surface area contributed by atoms with Crippen molar-refractivity contribution in [3.8, 4) is 0 Å². The van der Waals surface area contributed by atoms with Crippen LogP contribution in [-0.2, 0) is 12.8 Å². The Morgan fingerprint density at radius 2 is 2.05 bits per heavy atom. The molecule has 0 N–H and O–H groups in total. The van der Waals surface area contributed by atoms with Gasteiger partial charge >= 0.3 is 0 Å². The SMILES string of the molecule is CCCN(C(=O)c1sccc1C)[C@H]1CCc2ccccc2C1. The Hall–Kier alpha value is -1.61. The summed E-state index contributed by atoms with van der Waals surface area (Å²) in [4.78, 5) is 16.0. The molecule has 0 fully saturated rings. The van der Waals surface area contributed by atoms with E-state index in [-0.39, 0.29) is 5.91 Å². The summed E-state index contributed by atoms with van der Waals surface area (Å²) in [6, 6.07) is 11.0. The monoisotopic (exact) mass is 313 g/mol. The smallest absolute Gasteiger partial charge is 0.264 e. The van der Waals surface area contributed by atoms with E-state index in [1.165, 1.54) is 11.1 Å². The molecule has 1 aromatic carbocycles. The Morgan fingerprint density at radius 1 is 1.27 bits per heavy atom. The van der Waals surface area contributed by atoms with E-state index >= 15 is 0 Å². The van der Waals surface area contributed by atoms with Gasteiger partial charge in [0.15, 0.2) is 0 Å². The number of fused-ring (bicyclic) bond motifs is 1. The second-order valence-electron chi connectivity index (χ2n) is 6.10. The Balaban J connectivity index is 1.83. The molecule has 0 bridgehead atoms. The van der Waals surface area contributed by atoms with E-state index in [1.807, 2.05) is 18.4 Å². The molecule has 2 aromatic rings. The number of hydrogen-bond donors (Lipinski definition) is 0. The fourth-order valence-corrected chi connectivity index (χ4v) is 4.24. The van der Waals surface area contributed by atoms with Gasteiger partial charge in [-0.15, -0.1) is 11.3 Å². The van der Waals surface area contributed by atoms with Gasteiger partial charge in [0.25, 0.3) is 5.91 Å². The van der Waals surface area contributed by atoms with Gasteiger partial charge in [0.2, 0.25) is 0 Å². The highest BCUT2D eigenvalue weighted by Gasteiger charge is 2.28. The molecule has 0 unspecified atom stereocenters. The molecule has 22 heavy (non-hydrogen) atoms. The summed E-state index contributed by atoms with van der Waals surface area (Å²) in [6.07, 6.45) is 4.16. The fourth-order valence-electron chi connectivity index (χ4n) is 3.36. The Bertz CT molecular complexity index is 661. The zero-order chi connectivity index (χ0) is 15.5. The number of rotatable bonds is 4. The van der Waals surface area contributed by atoms with Gasteiger partial charge in [-0.05, 0) is 60.7 Å². The summed E-state index contributed by atoms with van der Waals surface area (Å²) in [5.74, 6) is 0.221. The molecule has 1 aromatic heterocycles. The van der Waals surface area contributed by atoms with Crippen LogP contribution in [0.3, 0.4) is 0 Å². The lowest BCUT2D eigenvalue weighted by atomic mass is 9.87. The van der Waals surface area contributed by atoms with Crippen molar-refractivity contribution in [1.29, 1.82) is 0 Å². The quantitative estimate of drug-likeness (QED) is 0.815. The highest BCUT2D eigenvalue weighted by Crippen LogP contribution is 2.27. The summed E-state index contributed by atoms with van der Waals surface area (Å²) < 4.78 is 0. The molecule has 1 atom stereocenters. The van der Waals surface area contributed by atoms with Crippen LogP contribution in [0.15, 0.2) is 35.7 Å². The van der Waals surface area contributed by atoms with E-state index in [0.29, 0.717) is 6.04 Å². The minimum atomic E-state index is 0.221. The number of nitrogens with zero attached hydrogens (tertiary/aromatic N) is 1. The maximum Gasteiger partial charge on any atom is 0.264 e. The maximum absolute atomic E-state index is 13.0. The Labute approximate surface area is 136 Å². The van der Waals surface area contributed by atoms with Crippen LogP contribution in [0, 0.1) is 6.92 Å². The molecule has 116 valence electrons. The molecule has 0 radical (unpaired) electrons. The third kappa shape index (κ3) is 2.95. The van der Waals surface area contributed by atoms with Gasteiger partial charge in [-0.3, -0.25) is 4.79 Å². The number of amides is 1. The highest BCUT2D eigenvalue weighted by molar-refractivity contribution is 7.12. The molecular formula is C19H23NOS. The highest BCUT2D eigenvalue weighted by atomic mass is 32.1. The summed E-state index contributed by atoms with van der Waals surface area (Å²) in [5.41, 5.74) is 3.97. The van der Waals surface area contributed by atoms with Crippen molar-refractivity contribution in [2.45, 2.75) is 45.6 Å². The predicted molar refractivity (Wildman–Crippen MR) is 92.6 cm³/mol. The second kappa shape index (κ2) is 6.66. The number of carbonyl (C=O) groups excluding carboxylic acids is 1. The zero-order valence-corrected chi connectivity index (χ0v) is 14.2. The van der Waals surface area contributed by atoms with E-state index in [1.54, 1.807) is 11.3 Å². The van der Waals surface area contributed by atoms with Gasteiger partial charge in [0.05, 0.1) is 4.88 Å². The first-order chi connectivity index (χ1) is 10.7. The average Bonchev–Trinajstić information content (AvgIpc) is 2.97. The molecule has 3 rings (SSSR count). The standard InChI is InChI=1S/C19H23NOS/c1-3-11-20(19(21)18-14(2)10-12-22-18)17-9-8-15-6-4-5-7-16(15)13-17/h4-7,10,12,17H,3,8-9,11,13H2,1-2H3/t17-/m0/s1. The third-order valence-corrected chi connectivity index (χ3v) is 5.55. The third-order valence-electron chi connectivity index (χ3n) is 4.54. The lowest BCUT2D eigenvalue weighted by Gasteiger charge is -2.35. The molecule has 3 heteroatoms. The molecule has 2 nitrogen and oxygen atoms in total. The van der Waals surface area contributed by atoms with Crippen LogP contribution in [0.2, 0.25) is 0 Å². The van der Waals surface area contributed by atoms with Gasteiger partial charge in [-0.1, -0.05) is 31.2 Å². The number of hydrogen-bond acceptors (Lipinski definition) is 2. The molecule has 1 aliphatic rings. The van der Waals surface area contributed by atoms with E-state index in [0.717, 1.165) is 42.7 Å². The molecule has 0 spiro atoms. The number of carbonyl (C=O) groups is 1. The Morgan fingerprint density at radius 3 is 2.73 bits per heavy atom. The normalized spacial score (nSPS) is 17.1. The largest absolute Gasteiger partial charge is 0.335 e. The second-order valence-corrected chi connectivity index (χ2v) is 7.01. The van der Waals surface area contributed by atoms with E-state index in [2.05, 4.69) is 36.1 Å². The van der Waals surface area contributed by atoms with Crippen molar-refractivity contribution in [2.24, 2.45) is 0 Å². The maximum atomic E-state index is 13.0. The molecule has 1 amide bonds. The van der Waals surface area contributed by atoms with Gasteiger partial charge in [-0.25, -0.2) is 0 Å². The van der Waals surface area contributed by atoms with Gasteiger partial charge < -0.3 is 4.90 Å². The van der Waals surface area contributed by atoms with Crippen LogP contribution in [0.4, 0.5) is 0 Å². The lowest BCUT2D eigenvalue weighted by molar-refractivity contribution is 0.0666. The minimum Gasteiger partial charge on any atom is -0.335 e. The molecule has 1 heterocycles. The molecule has 1 aliphatic carbocycles. The summed E-state index contributed by atoms with van der Waals surface area (Å²) in [5, 5.41) is 2.02. The summed E-state index contributed by atoms with van der Waals surface area (Å²) in [6.45, 7) is 5.03. The van der Waals surface area contributed by atoms with E-state index in [4.69, 9.17) is 0 Å². The van der Waals surface area contributed by atoms with Gasteiger partial charge in [-0.2, -0.15) is 0 Å². The van der Waals surface area contributed by atoms with E-state index in [9.17, 15) is 4.79 Å². The summed E-state index contributed by atoms with van der Waals surface area (Å²) in [7, 11) is 0. The van der Waals surface area contributed by atoms with Crippen LogP contribution < -0.4 is 0 Å². The number of benzene rings is 1. The summed E-state index contributed by atoms with van der Waals surface area (Å²) >= 11 is 1.57. The van der Waals surface area contributed by atoms with Crippen LogP contribution in [0.1, 0.15) is 46.1 Å². The van der Waals surface area contributed by atoms with Crippen molar-refractivity contribution in [3.63, 3.8) is 0 Å². The van der Waals surface area contributed by atoms with Gasteiger partial charge in [0, 0.05) is 12.6 Å². The first-order valence-corrected chi connectivity index (χ1v) is 9.00. The first kappa shape index (κ1) is 15.3. The average molecular weight is 313 g/mol.